The average Bonchev–Trinajstić information content (AvgIpc) is 2.91. The molecule has 5 nitrogen and oxygen atoms in total. The fourth-order valence-corrected chi connectivity index (χ4v) is 3.30. The van der Waals surface area contributed by atoms with Gasteiger partial charge in [-0.15, -0.1) is 0 Å². The first kappa shape index (κ1) is 12.0. The Morgan fingerprint density at radius 1 is 1.30 bits per heavy atom. The first-order valence-electron chi connectivity index (χ1n) is 7.16. The topological polar surface area (TPSA) is 47.7 Å². The lowest BCUT2D eigenvalue weighted by atomic mass is 9.86. The Hall–Kier alpha value is -1.75. The van der Waals surface area contributed by atoms with Crippen LogP contribution >= 0.6 is 0 Å². The summed E-state index contributed by atoms with van der Waals surface area (Å²) in [6.45, 7) is 3.42. The molecule has 4 heterocycles. The van der Waals surface area contributed by atoms with E-state index in [1.807, 2.05) is 18.2 Å². The van der Waals surface area contributed by atoms with Crippen molar-refractivity contribution in [3.8, 4) is 11.6 Å². The minimum absolute atomic E-state index is 0.233. The standard InChI is InChI=1S/C15H18N2O3/c1-18-11-2-3-13-12(8-11)15(16-20-13)19-14-9-17-6-4-10(14)5-7-17/h2-3,8,10,14H,4-7,9H2,1H3. The predicted molar refractivity (Wildman–Crippen MR) is 74.1 cm³/mol. The number of ether oxygens (including phenoxy) is 2. The van der Waals surface area contributed by atoms with Gasteiger partial charge in [0.1, 0.15) is 11.9 Å². The van der Waals surface area contributed by atoms with Crippen LogP contribution in [0, 0.1) is 5.92 Å². The first-order chi connectivity index (χ1) is 9.83. The monoisotopic (exact) mass is 274 g/mol. The van der Waals surface area contributed by atoms with Gasteiger partial charge < -0.3 is 14.0 Å². The molecular formula is C15H18N2O3. The van der Waals surface area contributed by atoms with E-state index in [2.05, 4.69) is 10.1 Å². The van der Waals surface area contributed by atoms with E-state index in [4.69, 9.17) is 14.0 Å². The third-order valence-electron chi connectivity index (χ3n) is 4.50. The zero-order valence-corrected chi connectivity index (χ0v) is 11.5. The Bertz CT molecular complexity index is 617. The zero-order chi connectivity index (χ0) is 13.5. The summed E-state index contributed by atoms with van der Waals surface area (Å²) in [5.74, 6) is 2.04. The molecule has 1 aromatic carbocycles. The minimum atomic E-state index is 0.233. The highest BCUT2D eigenvalue weighted by Gasteiger charge is 2.36. The van der Waals surface area contributed by atoms with Gasteiger partial charge in [0.05, 0.1) is 12.5 Å². The van der Waals surface area contributed by atoms with Gasteiger partial charge in [-0.2, -0.15) is 0 Å². The van der Waals surface area contributed by atoms with E-state index in [1.54, 1.807) is 7.11 Å². The summed E-state index contributed by atoms with van der Waals surface area (Å²) in [6, 6.07) is 5.65. The lowest BCUT2D eigenvalue weighted by Gasteiger charge is -2.43. The third-order valence-corrected chi connectivity index (χ3v) is 4.50. The highest BCUT2D eigenvalue weighted by Crippen LogP contribution is 2.34. The second-order valence-electron chi connectivity index (χ2n) is 5.64. The van der Waals surface area contributed by atoms with Gasteiger partial charge in [-0.05, 0) is 55.2 Å². The van der Waals surface area contributed by atoms with Gasteiger partial charge in [-0.3, -0.25) is 4.90 Å². The Morgan fingerprint density at radius 2 is 2.15 bits per heavy atom. The van der Waals surface area contributed by atoms with Crippen LogP contribution in [-0.2, 0) is 0 Å². The Kier molecular flexibility index (Phi) is 2.80. The molecule has 0 amide bonds. The normalized spacial score (nSPS) is 28.8. The largest absolute Gasteiger partial charge is 0.497 e. The quantitative estimate of drug-likeness (QED) is 0.859. The molecule has 3 aliphatic rings. The van der Waals surface area contributed by atoms with Crippen LogP contribution in [0.25, 0.3) is 11.0 Å². The van der Waals surface area contributed by atoms with E-state index in [-0.39, 0.29) is 6.10 Å². The van der Waals surface area contributed by atoms with Crippen LogP contribution in [0.15, 0.2) is 22.7 Å². The number of benzene rings is 1. The van der Waals surface area contributed by atoms with E-state index in [0.29, 0.717) is 11.8 Å². The molecule has 5 rings (SSSR count). The van der Waals surface area contributed by atoms with E-state index in [9.17, 15) is 0 Å². The molecule has 106 valence electrons. The van der Waals surface area contributed by atoms with Crippen LogP contribution in [-0.4, -0.2) is 42.9 Å². The third kappa shape index (κ3) is 1.93. The summed E-state index contributed by atoms with van der Waals surface area (Å²) in [7, 11) is 1.66. The zero-order valence-electron chi connectivity index (χ0n) is 11.5. The molecule has 3 fully saturated rings. The molecule has 1 atom stereocenters. The number of nitrogens with zero attached hydrogens (tertiary/aromatic N) is 2. The summed E-state index contributed by atoms with van der Waals surface area (Å²) in [4.78, 5) is 2.47. The van der Waals surface area contributed by atoms with Gasteiger partial charge >= 0.3 is 0 Å². The fraction of sp³-hybridized carbons (Fsp3) is 0.533. The van der Waals surface area contributed by atoms with Crippen LogP contribution in [0.2, 0.25) is 0 Å². The van der Waals surface area contributed by atoms with Crippen molar-refractivity contribution in [2.24, 2.45) is 5.92 Å². The molecule has 3 saturated heterocycles. The predicted octanol–water partition coefficient (Wildman–Crippen LogP) is 2.31. The molecule has 2 aromatic rings. The van der Waals surface area contributed by atoms with Gasteiger partial charge in [0.15, 0.2) is 5.58 Å². The molecule has 1 unspecified atom stereocenters. The van der Waals surface area contributed by atoms with E-state index in [0.717, 1.165) is 23.3 Å². The molecule has 20 heavy (non-hydrogen) atoms. The number of rotatable bonds is 3. The molecule has 0 radical (unpaired) electrons. The van der Waals surface area contributed by atoms with Crippen molar-refractivity contribution in [1.82, 2.24) is 10.1 Å². The second kappa shape index (κ2) is 4.66. The van der Waals surface area contributed by atoms with Crippen molar-refractivity contribution in [1.29, 1.82) is 0 Å². The minimum Gasteiger partial charge on any atom is -0.497 e. The molecule has 0 aliphatic carbocycles. The molecule has 3 aliphatic heterocycles. The van der Waals surface area contributed by atoms with Gasteiger partial charge in [0.25, 0.3) is 5.88 Å². The SMILES string of the molecule is COc1ccc2onc(OC3CN4CCC3CC4)c2c1. The summed E-state index contributed by atoms with van der Waals surface area (Å²) in [5, 5.41) is 4.97. The van der Waals surface area contributed by atoms with E-state index >= 15 is 0 Å². The van der Waals surface area contributed by atoms with E-state index < -0.39 is 0 Å². The van der Waals surface area contributed by atoms with Crippen LogP contribution in [0.1, 0.15) is 12.8 Å². The number of methoxy groups -OCH3 is 1. The van der Waals surface area contributed by atoms with Crippen molar-refractivity contribution >= 4 is 11.0 Å². The second-order valence-corrected chi connectivity index (χ2v) is 5.64. The highest BCUT2D eigenvalue weighted by molar-refractivity contribution is 5.83. The van der Waals surface area contributed by atoms with Crippen molar-refractivity contribution < 1.29 is 14.0 Å². The van der Waals surface area contributed by atoms with Crippen LogP contribution in [0.4, 0.5) is 0 Å². The summed E-state index contributed by atoms with van der Waals surface area (Å²) < 4.78 is 16.7. The van der Waals surface area contributed by atoms with Crippen LogP contribution in [0.3, 0.4) is 0 Å². The Morgan fingerprint density at radius 3 is 2.85 bits per heavy atom. The van der Waals surface area contributed by atoms with Crippen molar-refractivity contribution in [3.63, 3.8) is 0 Å². The summed E-state index contributed by atoms with van der Waals surface area (Å²) in [6.07, 6.45) is 2.69. The molecule has 5 heteroatoms. The van der Waals surface area contributed by atoms with Gasteiger partial charge in [-0.1, -0.05) is 0 Å². The van der Waals surface area contributed by atoms with Crippen molar-refractivity contribution in [3.05, 3.63) is 18.2 Å². The average molecular weight is 274 g/mol. The van der Waals surface area contributed by atoms with Crippen LogP contribution in [0.5, 0.6) is 11.6 Å². The maximum absolute atomic E-state index is 6.14. The summed E-state index contributed by atoms with van der Waals surface area (Å²) >= 11 is 0. The Labute approximate surface area is 117 Å². The molecule has 0 spiro atoms. The highest BCUT2D eigenvalue weighted by atomic mass is 16.5. The Balaban J connectivity index is 1.62. The summed E-state index contributed by atoms with van der Waals surface area (Å²) in [5.41, 5.74) is 0.738. The number of hydrogen-bond donors (Lipinski definition) is 0. The van der Waals surface area contributed by atoms with Crippen molar-refractivity contribution in [2.75, 3.05) is 26.7 Å². The van der Waals surface area contributed by atoms with Gasteiger partial charge in [-0.25, -0.2) is 0 Å². The number of hydrogen-bond acceptors (Lipinski definition) is 5. The molecule has 0 N–H and O–H groups in total. The molecule has 2 bridgehead atoms. The molecular weight excluding hydrogens is 256 g/mol. The van der Waals surface area contributed by atoms with E-state index in [1.165, 1.54) is 25.9 Å². The lowest BCUT2D eigenvalue weighted by Crippen LogP contribution is -2.52. The maximum Gasteiger partial charge on any atom is 0.262 e. The van der Waals surface area contributed by atoms with Gasteiger partial charge in [0.2, 0.25) is 0 Å². The lowest BCUT2D eigenvalue weighted by molar-refractivity contribution is -0.0106. The maximum atomic E-state index is 6.14. The number of aromatic nitrogens is 1. The van der Waals surface area contributed by atoms with Gasteiger partial charge in [0, 0.05) is 6.54 Å². The molecule has 0 saturated carbocycles. The fourth-order valence-electron chi connectivity index (χ4n) is 3.30. The van der Waals surface area contributed by atoms with Crippen molar-refractivity contribution in [2.45, 2.75) is 18.9 Å². The number of piperidine rings is 3. The molecule has 1 aromatic heterocycles. The number of fused-ring (bicyclic) bond motifs is 4. The van der Waals surface area contributed by atoms with Crippen LogP contribution < -0.4 is 9.47 Å². The first-order valence-corrected chi connectivity index (χ1v) is 7.16. The smallest absolute Gasteiger partial charge is 0.262 e.